The second-order valence-electron chi connectivity index (χ2n) is 3.24. The molecule has 0 atom stereocenters. The highest BCUT2D eigenvalue weighted by atomic mass is 16.5. The van der Waals surface area contributed by atoms with Gasteiger partial charge in [0, 0.05) is 24.0 Å². The molecule has 80 valence electrons. The van der Waals surface area contributed by atoms with E-state index >= 15 is 0 Å². The Kier molecular flexibility index (Phi) is 3.18. The van der Waals surface area contributed by atoms with Crippen molar-refractivity contribution in [3.8, 4) is 0 Å². The Hall–Kier alpha value is -2.29. The van der Waals surface area contributed by atoms with Crippen LogP contribution in [0.5, 0.6) is 0 Å². The van der Waals surface area contributed by atoms with E-state index < -0.39 is 0 Å². The second-order valence-corrected chi connectivity index (χ2v) is 3.24. The maximum absolute atomic E-state index is 9.13. The largest absolute Gasteiger partial charge is 0.428 e. The third kappa shape index (κ3) is 2.39. The highest BCUT2D eigenvalue weighted by Crippen LogP contribution is 2.12. The fourth-order valence-electron chi connectivity index (χ4n) is 1.38. The third-order valence-electron chi connectivity index (χ3n) is 2.15. The average Bonchev–Trinajstić information content (AvgIpc) is 2.75. The molecule has 0 amide bonds. The molecule has 0 radical (unpaired) electrons. The molecule has 0 aliphatic rings. The molecule has 1 aromatic carbocycles. The van der Waals surface area contributed by atoms with E-state index in [2.05, 4.69) is 4.98 Å². The molecule has 3 nitrogen and oxygen atoms in total. The highest BCUT2D eigenvalue weighted by molar-refractivity contribution is 5.79. The topological polar surface area (TPSA) is 38.0 Å². The van der Waals surface area contributed by atoms with Gasteiger partial charge in [0.2, 0.25) is 0 Å². The monoisotopic (exact) mass is 212 g/mol. The lowest BCUT2D eigenvalue weighted by Gasteiger charge is -1.91. The van der Waals surface area contributed by atoms with Crippen LogP contribution < -0.4 is 0 Å². The van der Waals surface area contributed by atoms with Crippen molar-refractivity contribution in [1.82, 2.24) is 9.71 Å². The van der Waals surface area contributed by atoms with Crippen molar-refractivity contribution in [3.05, 3.63) is 67.1 Å². The molecule has 0 saturated carbocycles. The lowest BCUT2D eigenvalue weighted by molar-refractivity contribution is 0.200. The Balaban J connectivity index is 0.000000138. The second kappa shape index (κ2) is 4.98. The average molecular weight is 212 g/mol. The van der Waals surface area contributed by atoms with Crippen LogP contribution in [0.3, 0.4) is 0 Å². The van der Waals surface area contributed by atoms with E-state index in [9.17, 15) is 0 Å². The zero-order valence-corrected chi connectivity index (χ0v) is 8.69. The summed E-state index contributed by atoms with van der Waals surface area (Å²) in [5, 5.41) is 10.2. The number of hydrogen-bond donors (Lipinski definition) is 1. The molecule has 3 rings (SSSR count). The quantitative estimate of drug-likeness (QED) is 0.582. The Bertz CT molecular complexity index is 519. The van der Waals surface area contributed by atoms with Gasteiger partial charge in [0.05, 0.1) is 5.52 Å². The zero-order chi connectivity index (χ0) is 11.2. The van der Waals surface area contributed by atoms with Gasteiger partial charge in [-0.25, -0.2) is 0 Å². The molecule has 0 bridgehead atoms. The molecule has 3 heteroatoms. The van der Waals surface area contributed by atoms with Crippen LogP contribution in [0.15, 0.2) is 67.1 Å². The number of hydrogen-bond acceptors (Lipinski definition) is 2. The van der Waals surface area contributed by atoms with Crippen molar-refractivity contribution in [2.24, 2.45) is 0 Å². The smallest absolute Gasteiger partial charge is 0.0865 e. The van der Waals surface area contributed by atoms with Gasteiger partial charge in [0.15, 0.2) is 0 Å². The number of pyridine rings is 1. The Labute approximate surface area is 93.6 Å². The van der Waals surface area contributed by atoms with Crippen molar-refractivity contribution in [1.29, 1.82) is 0 Å². The van der Waals surface area contributed by atoms with Gasteiger partial charge in [0.1, 0.15) is 0 Å². The summed E-state index contributed by atoms with van der Waals surface area (Å²) < 4.78 is 1.12. The normalized spacial score (nSPS) is 9.50. The summed E-state index contributed by atoms with van der Waals surface area (Å²) in [7, 11) is 0. The van der Waals surface area contributed by atoms with Gasteiger partial charge in [-0.2, -0.15) is 4.73 Å². The molecule has 2 aromatic heterocycles. The zero-order valence-electron chi connectivity index (χ0n) is 8.69. The standard InChI is InChI=1S/C8H7NO.C5H5N/c10-9-6-5-7-3-1-2-4-8(7)9;1-2-4-6-5-3-1/h1-6,10H;1-5H. The number of nitrogens with zero attached hydrogens (tertiary/aromatic N) is 2. The van der Waals surface area contributed by atoms with Crippen molar-refractivity contribution in [2.45, 2.75) is 0 Å². The van der Waals surface area contributed by atoms with Gasteiger partial charge in [-0.15, -0.1) is 0 Å². The minimum Gasteiger partial charge on any atom is -0.428 e. The van der Waals surface area contributed by atoms with Gasteiger partial charge in [-0.3, -0.25) is 4.98 Å². The first-order chi connectivity index (χ1) is 7.88. The summed E-state index contributed by atoms with van der Waals surface area (Å²) in [6, 6.07) is 15.3. The first-order valence-electron chi connectivity index (χ1n) is 4.98. The number of para-hydroxylation sites is 1. The Morgan fingerprint density at radius 1 is 0.875 bits per heavy atom. The van der Waals surface area contributed by atoms with Gasteiger partial charge in [-0.05, 0) is 24.3 Å². The number of aromatic nitrogens is 2. The fourth-order valence-corrected chi connectivity index (χ4v) is 1.38. The van der Waals surface area contributed by atoms with Crippen LogP contribution in [0.25, 0.3) is 10.9 Å². The van der Waals surface area contributed by atoms with Gasteiger partial charge in [0.25, 0.3) is 0 Å². The van der Waals surface area contributed by atoms with Crippen molar-refractivity contribution >= 4 is 10.9 Å². The molecule has 0 saturated heterocycles. The molecule has 0 unspecified atom stereocenters. The van der Waals surface area contributed by atoms with Crippen LogP contribution in [-0.2, 0) is 0 Å². The van der Waals surface area contributed by atoms with E-state index in [0.717, 1.165) is 15.6 Å². The maximum Gasteiger partial charge on any atom is 0.0865 e. The molecular weight excluding hydrogens is 200 g/mol. The highest BCUT2D eigenvalue weighted by Gasteiger charge is 1.94. The molecule has 0 spiro atoms. The molecule has 16 heavy (non-hydrogen) atoms. The first-order valence-corrected chi connectivity index (χ1v) is 4.98. The number of rotatable bonds is 0. The van der Waals surface area contributed by atoms with Crippen LogP contribution in [0.1, 0.15) is 0 Å². The molecule has 1 N–H and O–H groups in total. The fraction of sp³-hybridized carbons (Fsp3) is 0. The SMILES string of the molecule is On1ccc2ccccc21.c1ccncc1. The maximum atomic E-state index is 9.13. The van der Waals surface area contributed by atoms with E-state index in [1.165, 1.54) is 0 Å². The lowest BCUT2D eigenvalue weighted by Crippen LogP contribution is -1.83. The number of benzene rings is 1. The minimum absolute atomic E-state index is 0.850. The van der Waals surface area contributed by atoms with E-state index in [4.69, 9.17) is 5.21 Å². The summed E-state index contributed by atoms with van der Waals surface area (Å²) >= 11 is 0. The van der Waals surface area contributed by atoms with Crippen LogP contribution in [0, 0.1) is 0 Å². The lowest BCUT2D eigenvalue weighted by atomic mass is 10.3. The van der Waals surface area contributed by atoms with Gasteiger partial charge in [-0.1, -0.05) is 24.3 Å². The molecule has 0 aliphatic heterocycles. The van der Waals surface area contributed by atoms with Crippen LogP contribution in [0.2, 0.25) is 0 Å². The first kappa shape index (κ1) is 10.2. The van der Waals surface area contributed by atoms with E-state index in [-0.39, 0.29) is 0 Å². The molecule has 0 aliphatic carbocycles. The predicted molar refractivity (Wildman–Crippen MR) is 63.4 cm³/mol. The Morgan fingerprint density at radius 3 is 2.19 bits per heavy atom. The van der Waals surface area contributed by atoms with Crippen LogP contribution >= 0.6 is 0 Å². The summed E-state index contributed by atoms with van der Waals surface area (Å²) in [4.78, 5) is 3.78. The molecule has 3 aromatic rings. The van der Waals surface area contributed by atoms with E-state index in [1.807, 2.05) is 48.5 Å². The minimum atomic E-state index is 0.850. The molecule has 2 heterocycles. The number of fused-ring (bicyclic) bond motifs is 1. The van der Waals surface area contributed by atoms with Gasteiger partial charge < -0.3 is 5.21 Å². The van der Waals surface area contributed by atoms with Gasteiger partial charge >= 0.3 is 0 Å². The van der Waals surface area contributed by atoms with E-state index in [0.29, 0.717) is 0 Å². The van der Waals surface area contributed by atoms with Crippen LogP contribution in [-0.4, -0.2) is 14.9 Å². The van der Waals surface area contributed by atoms with Crippen LogP contribution in [0.4, 0.5) is 0 Å². The van der Waals surface area contributed by atoms with Crippen molar-refractivity contribution < 1.29 is 5.21 Å². The predicted octanol–water partition coefficient (Wildman–Crippen LogP) is 2.96. The summed E-state index contributed by atoms with van der Waals surface area (Å²) in [5.74, 6) is 0. The molecule has 0 fully saturated rings. The van der Waals surface area contributed by atoms with Crippen molar-refractivity contribution in [3.63, 3.8) is 0 Å². The van der Waals surface area contributed by atoms with E-state index in [1.54, 1.807) is 18.6 Å². The summed E-state index contributed by atoms with van der Waals surface area (Å²) in [6.45, 7) is 0. The Morgan fingerprint density at radius 2 is 1.62 bits per heavy atom. The van der Waals surface area contributed by atoms with Crippen molar-refractivity contribution in [2.75, 3.05) is 0 Å². The summed E-state index contributed by atoms with van der Waals surface area (Å²) in [5.41, 5.74) is 0.850. The summed E-state index contributed by atoms with van der Waals surface area (Å²) in [6.07, 6.45) is 5.13. The third-order valence-corrected chi connectivity index (χ3v) is 2.15. The molecular formula is C13H12N2O.